The first-order valence-electron chi connectivity index (χ1n) is 4.66. The predicted molar refractivity (Wildman–Crippen MR) is 58.3 cm³/mol. The average Bonchev–Trinajstić information content (AvgIpc) is 2.60. The van der Waals surface area contributed by atoms with E-state index in [2.05, 4.69) is 6.58 Å². The van der Waals surface area contributed by atoms with Crippen LogP contribution in [0.15, 0.2) is 41.0 Å². The summed E-state index contributed by atoms with van der Waals surface area (Å²) in [7, 11) is 0. The van der Waals surface area contributed by atoms with E-state index in [1.54, 1.807) is 19.1 Å². The Morgan fingerprint density at radius 3 is 2.94 bits per heavy atom. The zero-order valence-corrected chi connectivity index (χ0v) is 8.69. The molecule has 0 saturated heterocycles. The zero-order valence-electron chi connectivity index (χ0n) is 8.69. The van der Waals surface area contributed by atoms with Crippen LogP contribution in [0.5, 0.6) is 11.5 Å². The molecule has 1 aromatic carbocycles. The molecule has 16 heavy (non-hydrogen) atoms. The van der Waals surface area contributed by atoms with Gasteiger partial charge in [-0.05, 0) is 25.1 Å². The average molecular weight is 218 g/mol. The quantitative estimate of drug-likeness (QED) is 0.478. The van der Waals surface area contributed by atoms with Gasteiger partial charge in [-0.25, -0.2) is 4.79 Å². The molecule has 1 aromatic heterocycles. The second-order valence-electron chi connectivity index (χ2n) is 3.45. The molecule has 0 unspecified atom stereocenters. The SMILES string of the molecule is C=C(C)C(=O)Oc1ccc2occ(O)c2c1. The number of furan rings is 1. The number of aromatic hydroxyl groups is 1. The Bertz CT molecular complexity index is 565. The van der Waals surface area contributed by atoms with Gasteiger partial charge in [-0.15, -0.1) is 0 Å². The number of hydrogen-bond donors (Lipinski definition) is 1. The second kappa shape index (κ2) is 3.73. The predicted octanol–water partition coefficient (Wildman–Crippen LogP) is 2.62. The van der Waals surface area contributed by atoms with Crippen molar-refractivity contribution in [2.75, 3.05) is 0 Å². The van der Waals surface area contributed by atoms with Crippen molar-refractivity contribution in [2.24, 2.45) is 0 Å². The van der Waals surface area contributed by atoms with E-state index in [0.717, 1.165) is 0 Å². The van der Waals surface area contributed by atoms with Crippen molar-refractivity contribution in [1.82, 2.24) is 0 Å². The Morgan fingerprint density at radius 1 is 1.50 bits per heavy atom. The third-order valence-electron chi connectivity index (χ3n) is 2.08. The van der Waals surface area contributed by atoms with Gasteiger partial charge >= 0.3 is 5.97 Å². The molecule has 1 N–H and O–H groups in total. The van der Waals surface area contributed by atoms with Crippen LogP contribution in [0, 0.1) is 0 Å². The summed E-state index contributed by atoms with van der Waals surface area (Å²) in [6, 6.07) is 4.75. The third-order valence-corrected chi connectivity index (χ3v) is 2.08. The van der Waals surface area contributed by atoms with Gasteiger partial charge in [0.1, 0.15) is 17.6 Å². The molecule has 0 amide bonds. The molecule has 4 heteroatoms. The molecule has 0 aliphatic rings. The molecule has 0 aliphatic carbocycles. The number of hydrogen-bond acceptors (Lipinski definition) is 4. The van der Waals surface area contributed by atoms with Crippen LogP contribution in [-0.2, 0) is 4.79 Å². The van der Waals surface area contributed by atoms with Gasteiger partial charge in [-0.3, -0.25) is 0 Å². The zero-order chi connectivity index (χ0) is 11.7. The van der Waals surface area contributed by atoms with E-state index >= 15 is 0 Å². The Kier molecular flexibility index (Phi) is 2.40. The van der Waals surface area contributed by atoms with E-state index in [1.807, 2.05) is 0 Å². The van der Waals surface area contributed by atoms with E-state index in [0.29, 0.717) is 22.3 Å². The van der Waals surface area contributed by atoms with Crippen molar-refractivity contribution in [2.45, 2.75) is 6.92 Å². The minimum atomic E-state index is -0.498. The molecule has 4 nitrogen and oxygen atoms in total. The molecule has 0 aliphatic heterocycles. The monoisotopic (exact) mass is 218 g/mol. The fraction of sp³-hybridized carbons (Fsp3) is 0.0833. The van der Waals surface area contributed by atoms with Gasteiger partial charge in [0, 0.05) is 5.57 Å². The lowest BCUT2D eigenvalue weighted by Crippen LogP contribution is -2.07. The summed E-state index contributed by atoms with van der Waals surface area (Å²) in [5, 5.41) is 9.93. The summed E-state index contributed by atoms with van der Waals surface area (Å²) < 4.78 is 10.1. The van der Waals surface area contributed by atoms with Crippen molar-refractivity contribution in [3.8, 4) is 11.5 Å². The Morgan fingerprint density at radius 2 is 2.25 bits per heavy atom. The van der Waals surface area contributed by atoms with E-state index < -0.39 is 5.97 Å². The van der Waals surface area contributed by atoms with Crippen LogP contribution in [0.4, 0.5) is 0 Å². The van der Waals surface area contributed by atoms with Gasteiger partial charge in [0.2, 0.25) is 0 Å². The molecule has 1 heterocycles. The fourth-order valence-electron chi connectivity index (χ4n) is 1.25. The van der Waals surface area contributed by atoms with Crippen molar-refractivity contribution >= 4 is 16.9 Å². The molecule has 2 rings (SSSR count). The van der Waals surface area contributed by atoms with Gasteiger partial charge in [0.05, 0.1) is 5.39 Å². The molecule has 0 saturated carbocycles. The van der Waals surface area contributed by atoms with E-state index in [9.17, 15) is 9.90 Å². The highest BCUT2D eigenvalue weighted by Gasteiger charge is 2.09. The highest BCUT2D eigenvalue weighted by atomic mass is 16.5. The number of fused-ring (bicyclic) bond motifs is 1. The summed E-state index contributed by atoms with van der Waals surface area (Å²) in [6.45, 7) is 5.04. The number of ether oxygens (including phenoxy) is 1. The Balaban J connectivity index is 2.35. The highest BCUT2D eigenvalue weighted by molar-refractivity contribution is 5.90. The summed E-state index contributed by atoms with van der Waals surface area (Å²) in [4.78, 5) is 11.3. The smallest absolute Gasteiger partial charge is 0.338 e. The molecule has 0 radical (unpaired) electrons. The maximum Gasteiger partial charge on any atom is 0.338 e. The molecule has 0 bridgehead atoms. The molecule has 2 aromatic rings. The summed E-state index contributed by atoms with van der Waals surface area (Å²) >= 11 is 0. The number of carbonyl (C=O) groups excluding carboxylic acids is 1. The lowest BCUT2D eigenvalue weighted by Gasteiger charge is -2.03. The molecular formula is C12H10O4. The number of rotatable bonds is 2. The van der Waals surface area contributed by atoms with Gasteiger partial charge in [-0.2, -0.15) is 0 Å². The first-order valence-corrected chi connectivity index (χ1v) is 4.66. The second-order valence-corrected chi connectivity index (χ2v) is 3.45. The van der Waals surface area contributed by atoms with Crippen LogP contribution in [0.2, 0.25) is 0 Å². The van der Waals surface area contributed by atoms with Crippen LogP contribution in [0.1, 0.15) is 6.92 Å². The van der Waals surface area contributed by atoms with Gasteiger partial charge in [-0.1, -0.05) is 6.58 Å². The maximum absolute atomic E-state index is 11.3. The van der Waals surface area contributed by atoms with E-state index in [4.69, 9.17) is 9.15 Å². The van der Waals surface area contributed by atoms with Gasteiger partial charge < -0.3 is 14.3 Å². The molecule has 0 atom stereocenters. The van der Waals surface area contributed by atoms with E-state index in [-0.39, 0.29) is 5.75 Å². The van der Waals surface area contributed by atoms with Crippen LogP contribution >= 0.6 is 0 Å². The van der Waals surface area contributed by atoms with Crippen LogP contribution in [0.25, 0.3) is 11.0 Å². The van der Waals surface area contributed by atoms with Crippen molar-refractivity contribution in [1.29, 1.82) is 0 Å². The molecule has 0 fully saturated rings. The molecule has 0 spiro atoms. The molecule has 82 valence electrons. The minimum Gasteiger partial charge on any atom is -0.504 e. The summed E-state index contributed by atoms with van der Waals surface area (Å²) in [6.07, 6.45) is 1.23. The Hall–Kier alpha value is -2.23. The number of esters is 1. The first-order chi connectivity index (χ1) is 7.58. The highest BCUT2D eigenvalue weighted by Crippen LogP contribution is 2.30. The fourth-order valence-corrected chi connectivity index (χ4v) is 1.25. The molecular weight excluding hydrogens is 208 g/mol. The van der Waals surface area contributed by atoms with Crippen molar-refractivity contribution in [3.05, 3.63) is 36.6 Å². The third kappa shape index (κ3) is 1.77. The summed E-state index contributed by atoms with van der Waals surface area (Å²) in [5.74, 6) is -0.136. The van der Waals surface area contributed by atoms with E-state index in [1.165, 1.54) is 12.3 Å². The topological polar surface area (TPSA) is 59.7 Å². The van der Waals surface area contributed by atoms with Crippen LogP contribution in [0.3, 0.4) is 0 Å². The summed E-state index contributed by atoms with van der Waals surface area (Å²) in [5.41, 5.74) is 0.851. The van der Waals surface area contributed by atoms with Crippen molar-refractivity contribution < 1.29 is 19.1 Å². The lowest BCUT2D eigenvalue weighted by atomic mass is 10.2. The largest absolute Gasteiger partial charge is 0.504 e. The number of benzene rings is 1. The maximum atomic E-state index is 11.3. The standard InChI is InChI=1S/C12H10O4/c1-7(2)12(14)16-8-3-4-11-9(5-8)10(13)6-15-11/h3-6,13H,1H2,2H3. The minimum absolute atomic E-state index is 0.0169. The first kappa shape index (κ1) is 10.3. The normalized spacial score (nSPS) is 10.3. The number of carbonyl (C=O) groups is 1. The van der Waals surface area contributed by atoms with Gasteiger partial charge in [0.15, 0.2) is 5.75 Å². The lowest BCUT2D eigenvalue weighted by molar-refractivity contribution is -0.130. The van der Waals surface area contributed by atoms with Gasteiger partial charge in [0.25, 0.3) is 0 Å². The Labute approximate surface area is 91.7 Å². The van der Waals surface area contributed by atoms with Crippen LogP contribution in [-0.4, -0.2) is 11.1 Å². The van der Waals surface area contributed by atoms with Crippen LogP contribution < -0.4 is 4.74 Å². The van der Waals surface area contributed by atoms with Crippen molar-refractivity contribution in [3.63, 3.8) is 0 Å².